The van der Waals surface area contributed by atoms with Crippen LogP contribution in [0.2, 0.25) is 0 Å². The Morgan fingerprint density at radius 3 is 2.15 bits per heavy atom. The van der Waals surface area contributed by atoms with Crippen molar-refractivity contribution in [3.63, 3.8) is 0 Å². The Hall–Kier alpha value is -1.99. The second-order valence-electron chi connectivity index (χ2n) is 1.71. The van der Waals surface area contributed by atoms with Crippen LogP contribution < -0.4 is 5.48 Å². The lowest BCUT2D eigenvalue weighted by molar-refractivity contribution is -0.132. The van der Waals surface area contributed by atoms with Crippen molar-refractivity contribution in [2.45, 2.75) is 0 Å². The maximum Gasteiger partial charge on any atom is 0.337 e. The number of hydroxylamine groups is 1. The summed E-state index contributed by atoms with van der Waals surface area (Å²) in [5.41, 5.74) is 1.45. The summed E-state index contributed by atoms with van der Waals surface area (Å²) in [6.07, 6.45) is 10.5. The highest BCUT2D eigenvalue weighted by molar-refractivity contribution is 5.91. The van der Waals surface area contributed by atoms with E-state index in [0.29, 0.717) is 0 Å². The van der Waals surface area contributed by atoms with E-state index >= 15 is 0 Å². The smallest absolute Gasteiger partial charge is 0.337 e. The number of allylic oxidation sites excluding steroid dienone is 2. The van der Waals surface area contributed by atoms with Gasteiger partial charge < -0.3 is 5.11 Å². The van der Waals surface area contributed by atoms with Crippen molar-refractivity contribution >= 4 is 5.97 Å². The summed E-state index contributed by atoms with van der Waals surface area (Å²) in [6.45, 7) is 6.56. The molecule has 0 atom stereocenters. The molecule has 13 heavy (non-hydrogen) atoms. The standard InChI is InChI=1S/C7H9NO3.C2H2/c1-3-4-6(7(9)10)5(2)8-11;1-2/h3-4,8,11H,1-2H2,(H,9,10);1-2H/b6-4+;. The highest BCUT2D eigenvalue weighted by Crippen LogP contribution is 2.03. The highest BCUT2D eigenvalue weighted by Gasteiger charge is 2.08. The van der Waals surface area contributed by atoms with Gasteiger partial charge in [-0.2, -0.15) is 0 Å². The zero-order valence-electron chi connectivity index (χ0n) is 7.03. The maximum atomic E-state index is 10.4. The maximum absolute atomic E-state index is 10.4. The molecular formula is C9H11NO3. The fourth-order valence-corrected chi connectivity index (χ4v) is 0.479. The topological polar surface area (TPSA) is 69.6 Å². The predicted octanol–water partition coefficient (Wildman–Crippen LogP) is 0.925. The molecule has 0 aliphatic rings. The minimum Gasteiger partial charge on any atom is -0.478 e. The molecule has 0 spiro atoms. The predicted molar refractivity (Wildman–Crippen MR) is 49.9 cm³/mol. The summed E-state index contributed by atoms with van der Waals surface area (Å²) in [5, 5.41) is 16.8. The van der Waals surface area contributed by atoms with Gasteiger partial charge >= 0.3 is 5.97 Å². The molecule has 0 bridgehead atoms. The summed E-state index contributed by atoms with van der Waals surface area (Å²) in [7, 11) is 0. The molecule has 0 aromatic rings. The number of carboxylic acid groups (broad SMARTS) is 1. The fourth-order valence-electron chi connectivity index (χ4n) is 0.479. The van der Waals surface area contributed by atoms with Crippen LogP contribution in [0.1, 0.15) is 0 Å². The number of rotatable bonds is 4. The molecule has 0 rings (SSSR count). The van der Waals surface area contributed by atoms with E-state index in [0.717, 1.165) is 0 Å². The molecule has 0 aromatic carbocycles. The normalized spacial score (nSPS) is 9.00. The zero-order valence-corrected chi connectivity index (χ0v) is 7.03. The van der Waals surface area contributed by atoms with Crippen LogP contribution in [0.5, 0.6) is 0 Å². The summed E-state index contributed by atoms with van der Waals surface area (Å²) in [5.74, 6) is -1.17. The third-order valence-corrected chi connectivity index (χ3v) is 0.975. The van der Waals surface area contributed by atoms with Gasteiger partial charge in [0.2, 0.25) is 0 Å². The molecule has 0 aliphatic carbocycles. The monoisotopic (exact) mass is 181 g/mol. The Labute approximate surface area is 76.8 Å². The third kappa shape index (κ3) is 5.30. The van der Waals surface area contributed by atoms with E-state index in [9.17, 15) is 4.79 Å². The quantitative estimate of drug-likeness (QED) is 0.261. The van der Waals surface area contributed by atoms with Crippen molar-refractivity contribution in [2.24, 2.45) is 0 Å². The first-order valence-corrected chi connectivity index (χ1v) is 3.12. The second kappa shape index (κ2) is 8.11. The molecule has 70 valence electrons. The molecule has 4 nitrogen and oxygen atoms in total. The minimum absolute atomic E-state index is 0.0719. The van der Waals surface area contributed by atoms with Gasteiger partial charge in [-0.1, -0.05) is 19.2 Å². The first kappa shape index (κ1) is 13.6. The van der Waals surface area contributed by atoms with Crippen molar-refractivity contribution in [2.75, 3.05) is 0 Å². The lowest BCUT2D eigenvalue weighted by Gasteiger charge is -2.01. The van der Waals surface area contributed by atoms with Crippen molar-refractivity contribution in [1.29, 1.82) is 0 Å². The first-order chi connectivity index (χ1) is 6.13. The molecule has 0 heterocycles. The highest BCUT2D eigenvalue weighted by atomic mass is 16.5. The Morgan fingerprint density at radius 2 is 1.92 bits per heavy atom. The van der Waals surface area contributed by atoms with E-state index in [2.05, 4.69) is 26.0 Å². The lowest BCUT2D eigenvalue weighted by atomic mass is 10.2. The van der Waals surface area contributed by atoms with Gasteiger partial charge in [0.25, 0.3) is 0 Å². The number of hydrogen-bond acceptors (Lipinski definition) is 3. The second-order valence-corrected chi connectivity index (χ2v) is 1.71. The summed E-state index contributed by atoms with van der Waals surface area (Å²) < 4.78 is 0. The molecule has 0 aromatic heterocycles. The summed E-state index contributed by atoms with van der Waals surface area (Å²) >= 11 is 0. The lowest BCUT2D eigenvalue weighted by Crippen LogP contribution is -2.13. The van der Waals surface area contributed by atoms with Crippen LogP contribution in [0.4, 0.5) is 0 Å². The van der Waals surface area contributed by atoms with Crippen molar-refractivity contribution < 1.29 is 15.1 Å². The van der Waals surface area contributed by atoms with E-state index in [-0.39, 0.29) is 11.3 Å². The number of terminal acetylenes is 1. The van der Waals surface area contributed by atoms with Gasteiger partial charge in [-0.25, -0.2) is 4.79 Å². The van der Waals surface area contributed by atoms with Crippen LogP contribution >= 0.6 is 0 Å². The minimum atomic E-state index is -1.17. The molecule has 0 amide bonds. The molecule has 0 fully saturated rings. The first-order valence-electron chi connectivity index (χ1n) is 3.12. The largest absolute Gasteiger partial charge is 0.478 e. The van der Waals surface area contributed by atoms with Gasteiger partial charge in [0.05, 0.1) is 11.3 Å². The Kier molecular flexibility index (Phi) is 8.48. The van der Waals surface area contributed by atoms with Crippen LogP contribution in [-0.2, 0) is 4.79 Å². The van der Waals surface area contributed by atoms with Gasteiger partial charge in [0.1, 0.15) is 0 Å². The summed E-state index contributed by atoms with van der Waals surface area (Å²) in [6, 6.07) is 0. The van der Waals surface area contributed by atoms with Crippen LogP contribution in [-0.4, -0.2) is 16.3 Å². The molecule has 3 N–H and O–H groups in total. The van der Waals surface area contributed by atoms with Gasteiger partial charge in [0, 0.05) is 0 Å². The molecular weight excluding hydrogens is 170 g/mol. The molecule has 0 aliphatic heterocycles. The van der Waals surface area contributed by atoms with Gasteiger partial charge in [0.15, 0.2) is 0 Å². The van der Waals surface area contributed by atoms with Crippen LogP contribution in [0.15, 0.2) is 36.6 Å². The van der Waals surface area contributed by atoms with E-state index in [1.54, 1.807) is 5.48 Å². The Bertz CT molecular complexity index is 251. The average molecular weight is 181 g/mol. The van der Waals surface area contributed by atoms with Crippen LogP contribution in [0.3, 0.4) is 0 Å². The van der Waals surface area contributed by atoms with Crippen molar-refractivity contribution in [3.8, 4) is 12.8 Å². The molecule has 4 heteroatoms. The van der Waals surface area contributed by atoms with Gasteiger partial charge in [-0.05, 0) is 6.08 Å². The Balaban J connectivity index is 0. The van der Waals surface area contributed by atoms with Crippen LogP contribution in [0.25, 0.3) is 0 Å². The van der Waals surface area contributed by atoms with Crippen molar-refractivity contribution in [1.82, 2.24) is 5.48 Å². The summed E-state index contributed by atoms with van der Waals surface area (Å²) in [4.78, 5) is 10.4. The SMILES string of the molecule is C#C.C=C/C=C(\C(=C)NO)C(=O)O. The van der Waals surface area contributed by atoms with E-state index < -0.39 is 5.97 Å². The van der Waals surface area contributed by atoms with E-state index in [1.807, 2.05) is 0 Å². The Morgan fingerprint density at radius 1 is 1.46 bits per heavy atom. The molecule has 0 radical (unpaired) electrons. The number of carboxylic acids is 1. The number of carbonyl (C=O) groups is 1. The molecule has 0 unspecified atom stereocenters. The number of nitrogens with one attached hydrogen (secondary N) is 1. The average Bonchev–Trinajstić information content (AvgIpc) is 2.15. The van der Waals surface area contributed by atoms with E-state index in [1.165, 1.54) is 12.2 Å². The number of aliphatic carboxylic acids is 1. The molecule has 0 saturated carbocycles. The molecule has 0 saturated heterocycles. The van der Waals surface area contributed by atoms with Gasteiger partial charge in [-0.15, -0.1) is 12.8 Å². The zero-order chi connectivity index (χ0) is 10.9. The van der Waals surface area contributed by atoms with Crippen LogP contribution in [0, 0.1) is 12.8 Å². The van der Waals surface area contributed by atoms with Gasteiger partial charge in [-0.3, -0.25) is 10.7 Å². The fraction of sp³-hybridized carbons (Fsp3) is 0. The number of hydrogen-bond donors (Lipinski definition) is 3. The van der Waals surface area contributed by atoms with Crippen molar-refractivity contribution in [3.05, 3.63) is 36.6 Å². The van der Waals surface area contributed by atoms with E-state index in [4.69, 9.17) is 10.3 Å². The third-order valence-electron chi connectivity index (χ3n) is 0.975.